The molecule has 2 aromatic rings. The quantitative estimate of drug-likeness (QED) is 0.800. The van der Waals surface area contributed by atoms with Gasteiger partial charge in [-0.25, -0.2) is 9.78 Å². The van der Waals surface area contributed by atoms with Crippen molar-refractivity contribution in [3.05, 3.63) is 51.2 Å². The zero-order valence-corrected chi connectivity index (χ0v) is 13.3. The number of hydrogen-bond acceptors (Lipinski definition) is 3. The zero-order valence-electron chi connectivity index (χ0n) is 11.1. The van der Waals surface area contributed by atoms with Crippen molar-refractivity contribution in [2.45, 2.75) is 19.8 Å². The van der Waals surface area contributed by atoms with E-state index in [-0.39, 0.29) is 11.5 Å². The smallest absolute Gasteiger partial charge is 0.335 e. The molecule has 0 saturated carbocycles. The molecule has 5 heteroatoms. The highest BCUT2D eigenvalue weighted by molar-refractivity contribution is 14.1. The molecule has 0 unspecified atom stereocenters. The second-order valence-corrected chi connectivity index (χ2v) is 5.88. The SMILES string of the molecule is CC(C)c1cc(C(=O)O)cc(Oc2ccc(I)cc2)n1. The Hall–Kier alpha value is -1.63. The minimum absolute atomic E-state index is 0.133. The van der Waals surface area contributed by atoms with E-state index in [0.717, 1.165) is 3.57 Å². The normalized spacial score (nSPS) is 10.6. The van der Waals surface area contributed by atoms with Crippen LogP contribution in [0.2, 0.25) is 0 Å². The molecule has 0 amide bonds. The largest absolute Gasteiger partial charge is 0.478 e. The average molecular weight is 383 g/mol. The van der Waals surface area contributed by atoms with E-state index in [9.17, 15) is 4.79 Å². The summed E-state index contributed by atoms with van der Waals surface area (Å²) in [5.74, 6) is 0.0834. The summed E-state index contributed by atoms with van der Waals surface area (Å²) in [7, 11) is 0. The third-order valence-electron chi connectivity index (χ3n) is 2.70. The molecule has 0 bridgehead atoms. The number of carboxylic acid groups (broad SMARTS) is 1. The Labute approximate surface area is 130 Å². The van der Waals surface area contributed by atoms with Gasteiger partial charge in [-0.2, -0.15) is 0 Å². The number of ether oxygens (including phenoxy) is 1. The predicted molar refractivity (Wildman–Crippen MR) is 84.5 cm³/mol. The van der Waals surface area contributed by atoms with Crippen LogP contribution in [0.5, 0.6) is 11.6 Å². The second-order valence-electron chi connectivity index (χ2n) is 4.63. The van der Waals surface area contributed by atoms with Crippen LogP contribution < -0.4 is 4.74 Å². The summed E-state index contributed by atoms with van der Waals surface area (Å²) in [5, 5.41) is 9.13. The van der Waals surface area contributed by atoms with E-state index in [1.54, 1.807) is 6.07 Å². The third kappa shape index (κ3) is 3.69. The fraction of sp³-hybridized carbons (Fsp3) is 0.200. The van der Waals surface area contributed by atoms with Crippen molar-refractivity contribution in [1.29, 1.82) is 0 Å². The van der Waals surface area contributed by atoms with Gasteiger partial charge in [0, 0.05) is 15.3 Å². The Morgan fingerprint density at radius 1 is 1.25 bits per heavy atom. The van der Waals surface area contributed by atoms with E-state index in [0.29, 0.717) is 17.3 Å². The molecule has 0 aliphatic heterocycles. The maximum atomic E-state index is 11.1. The number of carbonyl (C=O) groups is 1. The molecule has 20 heavy (non-hydrogen) atoms. The summed E-state index contributed by atoms with van der Waals surface area (Å²) in [6.45, 7) is 3.92. The molecule has 0 aliphatic carbocycles. The number of carboxylic acids is 1. The van der Waals surface area contributed by atoms with Crippen LogP contribution in [0.3, 0.4) is 0 Å². The van der Waals surface area contributed by atoms with Crippen LogP contribution in [0.15, 0.2) is 36.4 Å². The van der Waals surface area contributed by atoms with E-state index >= 15 is 0 Å². The van der Waals surface area contributed by atoms with Gasteiger partial charge >= 0.3 is 5.97 Å². The number of benzene rings is 1. The van der Waals surface area contributed by atoms with Gasteiger partial charge in [0.1, 0.15) is 5.75 Å². The fourth-order valence-electron chi connectivity index (χ4n) is 1.62. The zero-order chi connectivity index (χ0) is 14.7. The summed E-state index contributed by atoms with van der Waals surface area (Å²) >= 11 is 2.21. The molecular weight excluding hydrogens is 369 g/mol. The molecule has 0 atom stereocenters. The Kier molecular flexibility index (Phi) is 4.59. The van der Waals surface area contributed by atoms with Crippen LogP contribution in [-0.4, -0.2) is 16.1 Å². The van der Waals surface area contributed by atoms with Gasteiger partial charge in [0.05, 0.1) is 5.56 Å². The molecule has 1 aromatic heterocycles. The summed E-state index contributed by atoms with van der Waals surface area (Å²) in [6.07, 6.45) is 0. The van der Waals surface area contributed by atoms with Crippen molar-refractivity contribution < 1.29 is 14.6 Å². The second kappa shape index (κ2) is 6.21. The molecule has 0 saturated heterocycles. The van der Waals surface area contributed by atoms with Crippen molar-refractivity contribution in [3.63, 3.8) is 0 Å². The Morgan fingerprint density at radius 3 is 2.45 bits per heavy atom. The number of aromatic nitrogens is 1. The predicted octanol–water partition coefficient (Wildman–Crippen LogP) is 4.30. The van der Waals surface area contributed by atoms with Crippen LogP contribution in [0.1, 0.15) is 35.8 Å². The highest BCUT2D eigenvalue weighted by Gasteiger charge is 2.12. The summed E-state index contributed by atoms with van der Waals surface area (Å²) < 4.78 is 6.74. The Morgan fingerprint density at radius 2 is 1.90 bits per heavy atom. The van der Waals surface area contributed by atoms with Crippen molar-refractivity contribution in [2.24, 2.45) is 0 Å². The van der Waals surface area contributed by atoms with Crippen LogP contribution in [-0.2, 0) is 0 Å². The lowest BCUT2D eigenvalue weighted by atomic mass is 10.1. The standard InChI is InChI=1S/C15H14INO3/c1-9(2)13-7-10(15(18)19)8-14(17-13)20-12-5-3-11(16)4-6-12/h3-9H,1-2H3,(H,18,19). The van der Waals surface area contributed by atoms with Gasteiger partial charge in [-0.1, -0.05) is 13.8 Å². The van der Waals surface area contributed by atoms with Crippen molar-refractivity contribution in [1.82, 2.24) is 4.98 Å². The molecule has 4 nitrogen and oxygen atoms in total. The first-order valence-electron chi connectivity index (χ1n) is 6.14. The van der Waals surface area contributed by atoms with Gasteiger partial charge in [0.25, 0.3) is 0 Å². The minimum atomic E-state index is -0.984. The highest BCUT2D eigenvalue weighted by Crippen LogP contribution is 2.24. The number of pyridine rings is 1. The van der Waals surface area contributed by atoms with Crippen molar-refractivity contribution in [3.8, 4) is 11.6 Å². The number of aromatic carboxylic acids is 1. The van der Waals surface area contributed by atoms with Crippen LogP contribution in [0.25, 0.3) is 0 Å². The van der Waals surface area contributed by atoms with E-state index in [2.05, 4.69) is 27.6 Å². The monoisotopic (exact) mass is 383 g/mol. The fourth-order valence-corrected chi connectivity index (χ4v) is 1.98. The lowest BCUT2D eigenvalue weighted by molar-refractivity contribution is 0.0696. The van der Waals surface area contributed by atoms with Gasteiger partial charge in [-0.05, 0) is 58.8 Å². The van der Waals surface area contributed by atoms with Gasteiger partial charge in [0.2, 0.25) is 5.88 Å². The summed E-state index contributed by atoms with van der Waals surface area (Å²) in [6, 6.07) is 10.5. The van der Waals surface area contributed by atoms with Crippen LogP contribution >= 0.6 is 22.6 Å². The maximum Gasteiger partial charge on any atom is 0.335 e. The molecule has 0 spiro atoms. The van der Waals surface area contributed by atoms with Crippen molar-refractivity contribution in [2.75, 3.05) is 0 Å². The van der Waals surface area contributed by atoms with Crippen LogP contribution in [0.4, 0.5) is 0 Å². The molecule has 1 heterocycles. The number of nitrogens with zero attached hydrogens (tertiary/aromatic N) is 1. The first kappa shape index (κ1) is 14.8. The molecule has 1 N–H and O–H groups in total. The van der Waals surface area contributed by atoms with E-state index in [4.69, 9.17) is 9.84 Å². The van der Waals surface area contributed by atoms with E-state index in [1.165, 1.54) is 6.07 Å². The van der Waals surface area contributed by atoms with Gasteiger partial charge in [-0.15, -0.1) is 0 Å². The van der Waals surface area contributed by atoms with Crippen LogP contribution in [0, 0.1) is 3.57 Å². The van der Waals surface area contributed by atoms with E-state index < -0.39 is 5.97 Å². The number of hydrogen-bond donors (Lipinski definition) is 1. The summed E-state index contributed by atoms with van der Waals surface area (Å²) in [5.41, 5.74) is 0.884. The van der Waals surface area contributed by atoms with Gasteiger partial charge in [-0.3, -0.25) is 0 Å². The van der Waals surface area contributed by atoms with Crippen molar-refractivity contribution >= 4 is 28.6 Å². The molecule has 2 rings (SSSR count). The molecule has 104 valence electrons. The Balaban J connectivity index is 2.35. The van der Waals surface area contributed by atoms with Gasteiger partial charge in [0.15, 0.2) is 0 Å². The van der Waals surface area contributed by atoms with E-state index in [1.807, 2.05) is 38.1 Å². The topological polar surface area (TPSA) is 59.4 Å². The average Bonchev–Trinajstić information content (AvgIpc) is 2.41. The highest BCUT2D eigenvalue weighted by atomic mass is 127. The molecule has 0 aliphatic rings. The molecule has 0 fully saturated rings. The molecular formula is C15H14INO3. The first-order valence-corrected chi connectivity index (χ1v) is 7.22. The number of halogens is 1. The maximum absolute atomic E-state index is 11.1. The summed E-state index contributed by atoms with van der Waals surface area (Å²) in [4.78, 5) is 15.5. The molecule has 0 radical (unpaired) electrons. The first-order chi connectivity index (χ1) is 9.45. The minimum Gasteiger partial charge on any atom is -0.478 e. The third-order valence-corrected chi connectivity index (χ3v) is 3.42. The Bertz CT molecular complexity index is 624. The number of rotatable bonds is 4. The molecule has 1 aromatic carbocycles. The lowest BCUT2D eigenvalue weighted by Gasteiger charge is -2.10. The van der Waals surface area contributed by atoms with Gasteiger partial charge < -0.3 is 9.84 Å². The lowest BCUT2D eigenvalue weighted by Crippen LogP contribution is -2.03.